The van der Waals surface area contributed by atoms with Crippen LogP contribution in [-0.4, -0.2) is 35.0 Å². The lowest BCUT2D eigenvalue weighted by atomic mass is 9.95. The SMILES string of the molecule is CCn1cc(CN2CCC(C(=O)NCCc3ccco3)CC2)c2ccccc21. The molecule has 3 aromatic rings. The highest BCUT2D eigenvalue weighted by molar-refractivity contribution is 5.84. The molecule has 0 aliphatic carbocycles. The molecule has 1 saturated heterocycles. The number of piperidine rings is 1. The van der Waals surface area contributed by atoms with E-state index in [1.165, 1.54) is 16.5 Å². The van der Waals surface area contributed by atoms with Gasteiger partial charge in [-0.3, -0.25) is 9.69 Å². The van der Waals surface area contributed by atoms with Gasteiger partial charge in [0.15, 0.2) is 0 Å². The van der Waals surface area contributed by atoms with Crippen molar-refractivity contribution in [3.05, 3.63) is 60.2 Å². The van der Waals surface area contributed by atoms with E-state index >= 15 is 0 Å². The summed E-state index contributed by atoms with van der Waals surface area (Å²) in [6.07, 6.45) is 6.57. The van der Waals surface area contributed by atoms with Gasteiger partial charge in [-0.05, 0) is 56.6 Å². The Balaban J connectivity index is 1.28. The number of likely N-dealkylation sites (tertiary alicyclic amines) is 1. The van der Waals surface area contributed by atoms with Crippen LogP contribution in [0.1, 0.15) is 31.1 Å². The van der Waals surface area contributed by atoms with Crippen LogP contribution >= 0.6 is 0 Å². The quantitative estimate of drug-likeness (QED) is 0.679. The summed E-state index contributed by atoms with van der Waals surface area (Å²) in [7, 11) is 0. The maximum absolute atomic E-state index is 12.4. The highest BCUT2D eigenvalue weighted by Crippen LogP contribution is 2.25. The molecule has 0 atom stereocenters. The van der Waals surface area contributed by atoms with Crippen molar-refractivity contribution in [3.8, 4) is 0 Å². The number of rotatable bonds is 7. The molecule has 1 N–H and O–H groups in total. The number of nitrogens with one attached hydrogen (secondary N) is 1. The summed E-state index contributed by atoms with van der Waals surface area (Å²) in [6, 6.07) is 12.5. The summed E-state index contributed by atoms with van der Waals surface area (Å²) >= 11 is 0. The van der Waals surface area contributed by atoms with Crippen LogP contribution < -0.4 is 5.32 Å². The fourth-order valence-corrected chi connectivity index (χ4v) is 4.21. The molecule has 5 nitrogen and oxygen atoms in total. The van der Waals surface area contributed by atoms with Crippen molar-refractivity contribution in [1.29, 1.82) is 0 Å². The van der Waals surface area contributed by atoms with Crippen molar-refractivity contribution >= 4 is 16.8 Å². The van der Waals surface area contributed by atoms with Crippen molar-refractivity contribution in [1.82, 2.24) is 14.8 Å². The Bertz CT molecular complexity index is 905. The predicted molar refractivity (Wildman–Crippen MR) is 111 cm³/mol. The Morgan fingerprint density at radius 3 is 2.75 bits per heavy atom. The molecule has 1 fully saturated rings. The number of carbonyl (C=O) groups excluding carboxylic acids is 1. The molecule has 4 rings (SSSR count). The van der Waals surface area contributed by atoms with Gasteiger partial charge in [0.1, 0.15) is 5.76 Å². The fraction of sp³-hybridized carbons (Fsp3) is 0.435. The largest absolute Gasteiger partial charge is 0.469 e. The number of hydrogen-bond donors (Lipinski definition) is 1. The lowest BCUT2D eigenvalue weighted by molar-refractivity contribution is -0.126. The van der Waals surface area contributed by atoms with Gasteiger partial charge in [0.25, 0.3) is 0 Å². The smallest absolute Gasteiger partial charge is 0.223 e. The fourth-order valence-electron chi connectivity index (χ4n) is 4.21. The highest BCUT2D eigenvalue weighted by Gasteiger charge is 2.25. The number of aromatic nitrogens is 1. The van der Waals surface area contributed by atoms with Gasteiger partial charge in [-0.15, -0.1) is 0 Å². The van der Waals surface area contributed by atoms with Gasteiger partial charge in [-0.1, -0.05) is 18.2 Å². The van der Waals surface area contributed by atoms with Gasteiger partial charge in [0.05, 0.1) is 6.26 Å². The molecule has 3 heterocycles. The summed E-state index contributed by atoms with van der Waals surface area (Å²) in [4.78, 5) is 14.9. The topological polar surface area (TPSA) is 50.4 Å². The second-order valence-corrected chi connectivity index (χ2v) is 7.63. The van der Waals surface area contributed by atoms with Crippen LogP contribution in [-0.2, 0) is 24.3 Å². The van der Waals surface area contributed by atoms with Crippen LogP contribution in [0.2, 0.25) is 0 Å². The van der Waals surface area contributed by atoms with Gasteiger partial charge in [-0.25, -0.2) is 0 Å². The molecule has 148 valence electrons. The molecule has 1 aliphatic rings. The molecular formula is C23H29N3O2. The monoisotopic (exact) mass is 379 g/mol. The molecule has 0 radical (unpaired) electrons. The molecule has 5 heteroatoms. The molecule has 2 aromatic heterocycles. The Morgan fingerprint density at radius 2 is 2.00 bits per heavy atom. The number of amides is 1. The number of furan rings is 1. The van der Waals surface area contributed by atoms with Gasteiger partial charge in [-0.2, -0.15) is 0 Å². The molecule has 0 bridgehead atoms. The molecular weight excluding hydrogens is 350 g/mol. The second-order valence-electron chi connectivity index (χ2n) is 7.63. The van der Waals surface area contributed by atoms with Gasteiger partial charge >= 0.3 is 0 Å². The van der Waals surface area contributed by atoms with E-state index in [2.05, 4.69) is 52.2 Å². The minimum atomic E-state index is 0.129. The minimum absolute atomic E-state index is 0.129. The lowest BCUT2D eigenvalue weighted by Gasteiger charge is -2.31. The first-order valence-corrected chi connectivity index (χ1v) is 10.3. The van der Waals surface area contributed by atoms with E-state index in [9.17, 15) is 4.79 Å². The highest BCUT2D eigenvalue weighted by atomic mass is 16.3. The number of para-hydroxylation sites is 1. The van der Waals surface area contributed by atoms with E-state index in [4.69, 9.17) is 4.42 Å². The number of hydrogen-bond acceptors (Lipinski definition) is 3. The average molecular weight is 380 g/mol. The standard InChI is InChI=1S/C23H29N3O2/c1-2-26-17-19(21-7-3-4-8-22(21)26)16-25-13-10-18(11-14-25)23(27)24-12-9-20-6-5-15-28-20/h3-8,15,17-18H,2,9-14,16H2,1H3,(H,24,27). The van der Waals surface area contributed by atoms with Crippen molar-refractivity contribution in [2.75, 3.05) is 19.6 Å². The maximum atomic E-state index is 12.4. The Hall–Kier alpha value is -2.53. The zero-order valence-corrected chi connectivity index (χ0v) is 16.6. The number of nitrogens with zero attached hydrogens (tertiary/aromatic N) is 2. The summed E-state index contributed by atoms with van der Waals surface area (Å²) in [5.41, 5.74) is 2.70. The number of fused-ring (bicyclic) bond motifs is 1. The van der Waals surface area contributed by atoms with Gasteiger partial charge in [0, 0.05) is 49.1 Å². The molecule has 1 aromatic carbocycles. The normalized spacial score (nSPS) is 15.9. The van der Waals surface area contributed by atoms with Crippen LogP contribution in [0.4, 0.5) is 0 Å². The summed E-state index contributed by atoms with van der Waals surface area (Å²) in [5.74, 6) is 1.24. The van der Waals surface area contributed by atoms with Crippen LogP contribution in [0.3, 0.4) is 0 Å². The number of aryl methyl sites for hydroxylation is 1. The second kappa shape index (κ2) is 8.65. The van der Waals surface area contributed by atoms with Gasteiger partial charge < -0.3 is 14.3 Å². The zero-order chi connectivity index (χ0) is 19.3. The summed E-state index contributed by atoms with van der Waals surface area (Å²) in [6.45, 7) is 6.72. The zero-order valence-electron chi connectivity index (χ0n) is 16.6. The maximum Gasteiger partial charge on any atom is 0.223 e. The minimum Gasteiger partial charge on any atom is -0.469 e. The third-order valence-corrected chi connectivity index (χ3v) is 5.81. The Kier molecular flexibility index (Phi) is 5.81. The van der Waals surface area contributed by atoms with E-state index in [1.54, 1.807) is 6.26 Å². The van der Waals surface area contributed by atoms with Crippen molar-refractivity contribution < 1.29 is 9.21 Å². The third kappa shape index (κ3) is 4.14. The molecule has 0 saturated carbocycles. The number of benzene rings is 1. The van der Waals surface area contributed by atoms with E-state index in [0.29, 0.717) is 6.54 Å². The van der Waals surface area contributed by atoms with E-state index in [0.717, 1.165) is 51.2 Å². The molecule has 28 heavy (non-hydrogen) atoms. The molecule has 0 spiro atoms. The van der Waals surface area contributed by atoms with Crippen molar-refractivity contribution in [2.24, 2.45) is 5.92 Å². The number of carbonyl (C=O) groups is 1. The van der Waals surface area contributed by atoms with Crippen LogP contribution in [0, 0.1) is 5.92 Å². The third-order valence-electron chi connectivity index (χ3n) is 5.81. The first-order valence-electron chi connectivity index (χ1n) is 10.3. The van der Waals surface area contributed by atoms with E-state index in [1.807, 2.05) is 12.1 Å². The molecule has 0 unspecified atom stereocenters. The summed E-state index contributed by atoms with van der Waals surface area (Å²) in [5, 5.41) is 4.42. The molecule has 1 amide bonds. The van der Waals surface area contributed by atoms with E-state index in [-0.39, 0.29) is 11.8 Å². The first-order chi connectivity index (χ1) is 13.7. The summed E-state index contributed by atoms with van der Waals surface area (Å²) < 4.78 is 7.64. The first kappa shape index (κ1) is 18.8. The van der Waals surface area contributed by atoms with Crippen molar-refractivity contribution in [3.63, 3.8) is 0 Å². The van der Waals surface area contributed by atoms with Crippen molar-refractivity contribution in [2.45, 2.75) is 39.3 Å². The van der Waals surface area contributed by atoms with E-state index < -0.39 is 0 Å². The van der Waals surface area contributed by atoms with Crippen LogP contribution in [0.25, 0.3) is 10.9 Å². The predicted octanol–water partition coefficient (Wildman–Crippen LogP) is 3.83. The average Bonchev–Trinajstić information content (AvgIpc) is 3.37. The molecule has 1 aliphatic heterocycles. The van der Waals surface area contributed by atoms with Crippen LogP contribution in [0.15, 0.2) is 53.3 Å². The van der Waals surface area contributed by atoms with Crippen LogP contribution in [0.5, 0.6) is 0 Å². The van der Waals surface area contributed by atoms with Gasteiger partial charge in [0.2, 0.25) is 5.91 Å². The lowest BCUT2D eigenvalue weighted by Crippen LogP contribution is -2.40. The Morgan fingerprint density at radius 1 is 1.18 bits per heavy atom. The Labute approximate surface area is 166 Å².